The van der Waals surface area contributed by atoms with Crippen LogP contribution in [0.15, 0.2) is 30.3 Å². The van der Waals surface area contributed by atoms with Gasteiger partial charge in [0.25, 0.3) is 0 Å². The van der Waals surface area contributed by atoms with Gasteiger partial charge in [-0.1, -0.05) is 18.2 Å². The van der Waals surface area contributed by atoms with Crippen molar-refractivity contribution in [2.45, 2.75) is 38.3 Å². The Balaban J connectivity index is 1.98. The van der Waals surface area contributed by atoms with Gasteiger partial charge in [-0.15, -0.1) is 0 Å². The predicted octanol–water partition coefficient (Wildman–Crippen LogP) is 3.86. The third kappa shape index (κ3) is 4.97. The molecule has 1 aromatic carbocycles. The molecule has 1 amide bonds. The van der Waals surface area contributed by atoms with E-state index in [1.54, 1.807) is 30.3 Å². The molecule has 0 radical (unpaired) electrons. The lowest BCUT2D eigenvalue weighted by molar-refractivity contribution is -0.184. The third-order valence-corrected chi connectivity index (χ3v) is 4.44. The average molecular weight is 343 g/mol. The third-order valence-electron chi connectivity index (χ3n) is 4.44. The van der Waals surface area contributed by atoms with Crippen molar-refractivity contribution in [2.75, 3.05) is 11.4 Å². The molecule has 2 rings (SSSR count). The standard InChI is InChI=1S/C17H20F3NO3/c18-17(19,20)13-8-6-12(7-9-13)10-15(22)21(11-16(23)24)14-4-2-1-3-5-14/h1-5,12-13H,6-11H2,(H,23,24). The molecule has 4 nitrogen and oxygen atoms in total. The van der Waals surface area contributed by atoms with Crippen LogP contribution in [-0.2, 0) is 9.59 Å². The van der Waals surface area contributed by atoms with Gasteiger partial charge in [0.05, 0.1) is 5.92 Å². The Morgan fingerprint density at radius 3 is 2.17 bits per heavy atom. The Morgan fingerprint density at radius 1 is 1.08 bits per heavy atom. The van der Waals surface area contributed by atoms with Gasteiger partial charge in [-0.05, 0) is 43.7 Å². The summed E-state index contributed by atoms with van der Waals surface area (Å²) in [6, 6.07) is 8.44. The number of benzene rings is 1. The fraction of sp³-hybridized carbons (Fsp3) is 0.529. The largest absolute Gasteiger partial charge is 0.480 e. The quantitative estimate of drug-likeness (QED) is 0.883. The molecule has 0 saturated heterocycles. The Kier molecular flexibility index (Phi) is 5.85. The molecule has 24 heavy (non-hydrogen) atoms. The van der Waals surface area contributed by atoms with E-state index in [2.05, 4.69) is 0 Å². The van der Waals surface area contributed by atoms with Crippen molar-refractivity contribution in [1.29, 1.82) is 0 Å². The van der Waals surface area contributed by atoms with Crippen LogP contribution in [0.4, 0.5) is 18.9 Å². The molecule has 0 heterocycles. The average Bonchev–Trinajstić information content (AvgIpc) is 2.53. The topological polar surface area (TPSA) is 57.6 Å². The van der Waals surface area contributed by atoms with E-state index in [9.17, 15) is 22.8 Å². The molecule has 1 aromatic rings. The lowest BCUT2D eigenvalue weighted by atomic mass is 9.80. The number of aliphatic carboxylic acids is 1. The molecule has 0 unspecified atom stereocenters. The fourth-order valence-electron chi connectivity index (χ4n) is 3.12. The van der Waals surface area contributed by atoms with Crippen molar-refractivity contribution >= 4 is 17.6 Å². The highest BCUT2D eigenvalue weighted by atomic mass is 19.4. The van der Waals surface area contributed by atoms with Crippen LogP contribution in [0.2, 0.25) is 0 Å². The Bertz CT molecular complexity index is 566. The van der Waals surface area contributed by atoms with Crippen LogP contribution in [-0.4, -0.2) is 29.7 Å². The summed E-state index contributed by atoms with van der Waals surface area (Å²) in [4.78, 5) is 24.7. The minimum atomic E-state index is -4.17. The lowest BCUT2D eigenvalue weighted by Crippen LogP contribution is -2.37. The summed E-state index contributed by atoms with van der Waals surface area (Å²) in [6.07, 6.45) is -3.35. The number of hydrogen-bond acceptors (Lipinski definition) is 2. The molecule has 1 aliphatic carbocycles. The summed E-state index contributed by atoms with van der Waals surface area (Å²) < 4.78 is 38.1. The maximum atomic E-state index is 12.7. The molecule has 1 fully saturated rings. The van der Waals surface area contributed by atoms with Crippen molar-refractivity contribution in [1.82, 2.24) is 0 Å². The number of hydrogen-bond donors (Lipinski definition) is 1. The molecule has 0 aliphatic heterocycles. The summed E-state index contributed by atoms with van der Waals surface area (Å²) in [5.74, 6) is -2.91. The number of anilines is 1. The zero-order valence-electron chi connectivity index (χ0n) is 13.1. The molecular weight excluding hydrogens is 323 g/mol. The van der Waals surface area contributed by atoms with Crippen LogP contribution in [0, 0.1) is 11.8 Å². The number of nitrogens with zero attached hydrogens (tertiary/aromatic N) is 1. The number of amides is 1. The second-order valence-electron chi connectivity index (χ2n) is 6.17. The fourth-order valence-corrected chi connectivity index (χ4v) is 3.12. The SMILES string of the molecule is O=C(O)CN(C(=O)CC1CCC(C(F)(F)F)CC1)c1ccccc1. The number of rotatable bonds is 5. The number of carbonyl (C=O) groups excluding carboxylic acids is 1. The first kappa shape index (κ1) is 18.3. The van der Waals surface area contributed by atoms with Gasteiger partial charge in [0.2, 0.25) is 5.91 Å². The lowest BCUT2D eigenvalue weighted by Gasteiger charge is -2.30. The smallest absolute Gasteiger partial charge is 0.391 e. The molecule has 1 saturated carbocycles. The zero-order chi connectivity index (χ0) is 17.7. The molecule has 132 valence electrons. The van der Waals surface area contributed by atoms with Gasteiger partial charge < -0.3 is 10.0 Å². The number of carboxylic acid groups (broad SMARTS) is 1. The van der Waals surface area contributed by atoms with Gasteiger partial charge in [-0.2, -0.15) is 13.2 Å². The van der Waals surface area contributed by atoms with Crippen molar-refractivity contribution < 1.29 is 27.9 Å². The maximum Gasteiger partial charge on any atom is 0.391 e. The van der Waals surface area contributed by atoms with E-state index in [1.807, 2.05) is 0 Å². The van der Waals surface area contributed by atoms with Crippen LogP contribution in [0.25, 0.3) is 0 Å². The van der Waals surface area contributed by atoms with E-state index in [4.69, 9.17) is 5.11 Å². The summed E-state index contributed by atoms with van der Waals surface area (Å²) in [5, 5.41) is 9.01. The van der Waals surface area contributed by atoms with E-state index >= 15 is 0 Å². The first-order valence-corrected chi connectivity index (χ1v) is 7.91. The summed E-state index contributed by atoms with van der Waals surface area (Å²) >= 11 is 0. The Morgan fingerprint density at radius 2 is 1.67 bits per heavy atom. The Labute approximate surface area is 138 Å². The summed E-state index contributed by atoms with van der Waals surface area (Å²) in [6.45, 7) is -0.458. The van der Waals surface area contributed by atoms with Gasteiger partial charge in [0.1, 0.15) is 6.54 Å². The highest BCUT2D eigenvalue weighted by Gasteiger charge is 2.41. The van der Waals surface area contributed by atoms with Crippen LogP contribution >= 0.6 is 0 Å². The van der Waals surface area contributed by atoms with E-state index in [0.717, 1.165) is 0 Å². The number of halogens is 3. The molecule has 0 aromatic heterocycles. The van der Waals surface area contributed by atoms with Gasteiger partial charge in [0, 0.05) is 12.1 Å². The number of carboxylic acids is 1. The van der Waals surface area contributed by atoms with Gasteiger partial charge in [-0.25, -0.2) is 0 Å². The molecule has 1 aliphatic rings. The normalized spacial score (nSPS) is 21.3. The molecule has 0 bridgehead atoms. The molecule has 0 spiro atoms. The van der Waals surface area contributed by atoms with Gasteiger partial charge in [-0.3, -0.25) is 9.59 Å². The van der Waals surface area contributed by atoms with Crippen molar-refractivity contribution in [3.8, 4) is 0 Å². The van der Waals surface area contributed by atoms with Crippen LogP contribution in [0.5, 0.6) is 0 Å². The highest BCUT2D eigenvalue weighted by molar-refractivity contribution is 5.97. The van der Waals surface area contributed by atoms with Crippen molar-refractivity contribution in [2.24, 2.45) is 11.8 Å². The first-order valence-electron chi connectivity index (χ1n) is 7.91. The van der Waals surface area contributed by atoms with E-state index < -0.39 is 24.6 Å². The second kappa shape index (κ2) is 7.68. The molecule has 0 atom stereocenters. The predicted molar refractivity (Wildman–Crippen MR) is 82.6 cm³/mol. The summed E-state index contributed by atoms with van der Waals surface area (Å²) in [7, 11) is 0. The minimum absolute atomic E-state index is 0.0334. The van der Waals surface area contributed by atoms with Crippen LogP contribution < -0.4 is 4.90 Å². The van der Waals surface area contributed by atoms with Crippen molar-refractivity contribution in [3.05, 3.63) is 30.3 Å². The van der Waals surface area contributed by atoms with E-state index in [1.165, 1.54) is 4.90 Å². The monoisotopic (exact) mass is 343 g/mol. The van der Waals surface area contributed by atoms with Crippen LogP contribution in [0.3, 0.4) is 0 Å². The van der Waals surface area contributed by atoms with E-state index in [0.29, 0.717) is 18.5 Å². The van der Waals surface area contributed by atoms with Gasteiger partial charge in [0.15, 0.2) is 0 Å². The number of para-hydroxylation sites is 1. The number of carbonyl (C=O) groups is 2. The molecular formula is C17H20F3NO3. The van der Waals surface area contributed by atoms with Gasteiger partial charge >= 0.3 is 12.1 Å². The Hall–Kier alpha value is -2.05. The molecule has 1 N–H and O–H groups in total. The minimum Gasteiger partial charge on any atom is -0.480 e. The second-order valence-corrected chi connectivity index (χ2v) is 6.17. The zero-order valence-corrected chi connectivity index (χ0v) is 13.1. The maximum absolute atomic E-state index is 12.7. The van der Waals surface area contributed by atoms with Crippen LogP contribution in [0.1, 0.15) is 32.1 Å². The highest BCUT2D eigenvalue weighted by Crippen LogP contribution is 2.40. The first-order chi connectivity index (χ1) is 11.3. The van der Waals surface area contributed by atoms with Crippen molar-refractivity contribution in [3.63, 3.8) is 0 Å². The number of alkyl halides is 3. The van der Waals surface area contributed by atoms with E-state index in [-0.39, 0.29) is 31.1 Å². The molecule has 7 heteroatoms. The summed E-state index contributed by atoms with van der Waals surface area (Å²) in [5.41, 5.74) is 0.480.